The number of aliphatic hydroxyl groups excluding tert-OH is 1. The van der Waals surface area contributed by atoms with Crippen molar-refractivity contribution in [1.29, 1.82) is 0 Å². The van der Waals surface area contributed by atoms with E-state index in [1.165, 1.54) is 13.2 Å². The first kappa shape index (κ1) is 12.4. The van der Waals surface area contributed by atoms with Crippen LogP contribution < -0.4 is 4.74 Å². The molecule has 5 heteroatoms. The summed E-state index contributed by atoms with van der Waals surface area (Å²) in [6, 6.07) is 2.80. The largest absolute Gasteiger partial charge is 0.493 e. The van der Waals surface area contributed by atoms with Crippen LogP contribution in [0.25, 0.3) is 0 Å². The fraction of sp³-hybridized carbons (Fsp3) is 0.364. The average Bonchev–Trinajstić information content (AvgIpc) is 2.27. The maximum atomic E-state index is 13.8. The van der Waals surface area contributed by atoms with Gasteiger partial charge in [-0.25, -0.2) is 9.18 Å². The van der Waals surface area contributed by atoms with Crippen LogP contribution in [0, 0.1) is 5.82 Å². The number of halogens is 1. The number of carboxylic acids is 1. The minimum Gasteiger partial charge on any atom is -0.493 e. The van der Waals surface area contributed by atoms with Crippen molar-refractivity contribution in [2.45, 2.75) is 19.4 Å². The Morgan fingerprint density at radius 1 is 1.56 bits per heavy atom. The summed E-state index contributed by atoms with van der Waals surface area (Å²) in [4.78, 5) is 10.5. The molecule has 0 radical (unpaired) electrons. The van der Waals surface area contributed by atoms with Crippen molar-refractivity contribution in [3.05, 3.63) is 29.1 Å². The predicted octanol–water partition coefficient (Wildman–Crippen LogP) is 1.51. The zero-order chi connectivity index (χ0) is 12.3. The summed E-state index contributed by atoms with van der Waals surface area (Å²) in [5.74, 6) is -2.33. The van der Waals surface area contributed by atoms with Crippen LogP contribution >= 0.6 is 0 Å². The fourth-order valence-corrected chi connectivity index (χ4v) is 1.45. The first-order valence-corrected chi connectivity index (χ1v) is 4.79. The second-order valence-electron chi connectivity index (χ2n) is 3.26. The molecule has 88 valence electrons. The second-order valence-corrected chi connectivity index (χ2v) is 3.26. The Morgan fingerprint density at radius 3 is 2.62 bits per heavy atom. The Bertz CT molecular complexity index is 403. The number of rotatable bonds is 4. The maximum absolute atomic E-state index is 13.8. The number of carboxylic acid groups (broad SMARTS) is 1. The monoisotopic (exact) mass is 228 g/mol. The van der Waals surface area contributed by atoms with Crippen LogP contribution in [0.3, 0.4) is 0 Å². The third-order valence-corrected chi connectivity index (χ3v) is 2.32. The molecule has 2 N–H and O–H groups in total. The molecule has 1 atom stereocenters. The van der Waals surface area contributed by atoms with Crippen molar-refractivity contribution < 1.29 is 24.1 Å². The summed E-state index contributed by atoms with van der Waals surface area (Å²) >= 11 is 0. The molecule has 0 bridgehead atoms. The Morgan fingerprint density at radius 2 is 2.19 bits per heavy atom. The van der Waals surface area contributed by atoms with Crippen LogP contribution in [0.4, 0.5) is 4.39 Å². The zero-order valence-corrected chi connectivity index (χ0v) is 9.03. The van der Waals surface area contributed by atoms with Crippen LogP contribution in [-0.2, 0) is 11.2 Å². The van der Waals surface area contributed by atoms with Crippen molar-refractivity contribution in [2.75, 3.05) is 7.11 Å². The van der Waals surface area contributed by atoms with E-state index in [1.807, 2.05) is 6.92 Å². The zero-order valence-electron chi connectivity index (χ0n) is 9.03. The Balaban J connectivity index is 3.29. The lowest BCUT2D eigenvalue weighted by molar-refractivity contribution is -0.147. The molecule has 1 aromatic carbocycles. The van der Waals surface area contributed by atoms with E-state index in [-0.39, 0.29) is 11.3 Å². The predicted molar refractivity (Wildman–Crippen MR) is 54.9 cm³/mol. The van der Waals surface area contributed by atoms with Crippen molar-refractivity contribution in [1.82, 2.24) is 0 Å². The number of aliphatic carboxylic acids is 1. The third kappa shape index (κ3) is 2.14. The van der Waals surface area contributed by atoms with E-state index in [4.69, 9.17) is 9.84 Å². The highest BCUT2D eigenvalue weighted by Gasteiger charge is 2.23. The molecule has 0 amide bonds. The number of hydrogen-bond acceptors (Lipinski definition) is 3. The molecule has 1 unspecified atom stereocenters. The fourth-order valence-electron chi connectivity index (χ4n) is 1.45. The van der Waals surface area contributed by atoms with E-state index >= 15 is 0 Å². The van der Waals surface area contributed by atoms with Gasteiger partial charge in [-0.3, -0.25) is 0 Å². The number of carbonyl (C=O) groups is 1. The lowest BCUT2D eigenvalue weighted by Gasteiger charge is -2.13. The highest BCUT2D eigenvalue weighted by molar-refractivity contribution is 5.74. The molecule has 0 aliphatic heterocycles. The van der Waals surface area contributed by atoms with Crippen LogP contribution in [0.15, 0.2) is 12.1 Å². The van der Waals surface area contributed by atoms with E-state index in [9.17, 15) is 14.3 Å². The lowest BCUT2D eigenvalue weighted by atomic mass is 10.0. The van der Waals surface area contributed by atoms with Crippen LogP contribution in [0.2, 0.25) is 0 Å². The van der Waals surface area contributed by atoms with E-state index in [0.29, 0.717) is 12.0 Å². The maximum Gasteiger partial charge on any atom is 0.337 e. The summed E-state index contributed by atoms with van der Waals surface area (Å²) in [5, 5.41) is 17.9. The van der Waals surface area contributed by atoms with E-state index in [1.54, 1.807) is 6.07 Å². The highest BCUT2D eigenvalue weighted by Crippen LogP contribution is 2.29. The molecule has 16 heavy (non-hydrogen) atoms. The first-order chi connectivity index (χ1) is 7.52. The van der Waals surface area contributed by atoms with Gasteiger partial charge in [0.1, 0.15) is 0 Å². The Kier molecular flexibility index (Phi) is 3.84. The molecule has 4 nitrogen and oxygen atoms in total. The van der Waals surface area contributed by atoms with Crippen molar-refractivity contribution in [3.63, 3.8) is 0 Å². The number of ether oxygens (including phenoxy) is 1. The van der Waals surface area contributed by atoms with Crippen LogP contribution in [0.1, 0.15) is 24.2 Å². The smallest absolute Gasteiger partial charge is 0.337 e. The van der Waals surface area contributed by atoms with Crippen molar-refractivity contribution >= 4 is 5.97 Å². The molecular formula is C11H13FO4. The molecule has 0 aromatic heterocycles. The third-order valence-electron chi connectivity index (χ3n) is 2.32. The summed E-state index contributed by atoms with van der Waals surface area (Å²) in [7, 11) is 1.30. The average molecular weight is 228 g/mol. The first-order valence-electron chi connectivity index (χ1n) is 4.79. The second kappa shape index (κ2) is 4.94. The molecule has 1 aromatic rings. The number of aryl methyl sites for hydroxylation is 1. The lowest BCUT2D eigenvalue weighted by Crippen LogP contribution is -2.13. The minimum atomic E-state index is -1.88. The quantitative estimate of drug-likeness (QED) is 0.819. The van der Waals surface area contributed by atoms with Gasteiger partial charge >= 0.3 is 5.97 Å². The highest BCUT2D eigenvalue weighted by atomic mass is 19.1. The van der Waals surface area contributed by atoms with Gasteiger partial charge in [0.25, 0.3) is 0 Å². The number of benzene rings is 1. The molecule has 0 saturated carbocycles. The van der Waals surface area contributed by atoms with E-state index in [2.05, 4.69) is 0 Å². The van der Waals surface area contributed by atoms with Gasteiger partial charge in [-0.15, -0.1) is 0 Å². The standard InChI is InChI=1S/C11H13FO4/c1-3-6-4-5-7(9(13)11(14)15)8(12)10(6)16-2/h4-5,9,13H,3H2,1-2H3,(H,14,15). The van der Waals surface area contributed by atoms with Crippen molar-refractivity contribution in [3.8, 4) is 5.75 Å². The number of hydrogen-bond donors (Lipinski definition) is 2. The molecule has 1 rings (SSSR count). The molecule has 0 spiro atoms. The summed E-state index contributed by atoms with van der Waals surface area (Å²) in [6.45, 7) is 1.82. The van der Waals surface area contributed by atoms with Gasteiger partial charge in [-0.2, -0.15) is 0 Å². The van der Waals surface area contributed by atoms with Crippen LogP contribution in [-0.4, -0.2) is 23.3 Å². The number of aliphatic hydroxyl groups is 1. The summed E-state index contributed by atoms with van der Waals surface area (Å²) in [5.41, 5.74) is 0.336. The van der Waals surface area contributed by atoms with Gasteiger partial charge in [0.15, 0.2) is 17.7 Å². The normalized spacial score (nSPS) is 12.2. The van der Waals surface area contributed by atoms with Gasteiger partial charge in [0, 0.05) is 5.56 Å². The molecule has 0 fully saturated rings. The SMILES string of the molecule is CCc1ccc(C(O)C(=O)O)c(F)c1OC. The Hall–Kier alpha value is -1.62. The summed E-state index contributed by atoms with van der Waals surface area (Å²) in [6.07, 6.45) is -1.32. The van der Waals surface area contributed by atoms with E-state index in [0.717, 1.165) is 0 Å². The van der Waals surface area contributed by atoms with Gasteiger partial charge in [0.2, 0.25) is 0 Å². The molecule has 0 saturated heterocycles. The minimum absolute atomic E-state index is 0.0136. The van der Waals surface area contributed by atoms with Gasteiger partial charge in [-0.05, 0) is 12.0 Å². The van der Waals surface area contributed by atoms with Gasteiger partial charge in [0.05, 0.1) is 7.11 Å². The number of methoxy groups -OCH3 is 1. The molecule has 0 heterocycles. The van der Waals surface area contributed by atoms with Crippen LogP contribution in [0.5, 0.6) is 5.75 Å². The molecular weight excluding hydrogens is 215 g/mol. The van der Waals surface area contributed by atoms with Gasteiger partial charge < -0.3 is 14.9 Å². The Labute approximate surface area is 92.3 Å². The van der Waals surface area contributed by atoms with E-state index < -0.39 is 17.9 Å². The summed E-state index contributed by atoms with van der Waals surface area (Å²) < 4.78 is 18.6. The molecule has 0 aliphatic carbocycles. The molecule has 0 aliphatic rings. The van der Waals surface area contributed by atoms with Gasteiger partial charge in [-0.1, -0.05) is 19.1 Å². The topological polar surface area (TPSA) is 66.8 Å². The van der Waals surface area contributed by atoms with Crippen molar-refractivity contribution in [2.24, 2.45) is 0 Å².